The monoisotopic (exact) mass is 989 g/mol. The van der Waals surface area contributed by atoms with Crippen molar-refractivity contribution in [3.63, 3.8) is 0 Å². The second-order valence-electron chi connectivity index (χ2n) is 9.94. The fourth-order valence-electron chi connectivity index (χ4n) is 4.25. The average Bonchev–Trinajstić information content (AvgIpc) is 3.02. The third-order valence-electron chi connectivity index (χ3n) is 6.60. The number of hydrogen-bond acceptors (Lipinski definition) is 6. The van der Waals surface area contributed by atoms with Crippen LogP contribution in [-0.4, -0.2) is 26.8 Å². The van der Waals surface area contributed by atoms with Crippen LogP contribution in [0.25, 0.3) is 31.3 Å². The van der Waals surface area contributed by atoms with Gasteiger partial charge in [-0.25, -0.2) is 16.8 Å². The van der Waals surface area contributed by atoms with Crippen molar-refractivity contribution in [1.82, 2.24) is 9.97 Å². The van der Waals surface area contributed by atoms with Gasteiger partial charge >= 0.3 is 19.5 Å². The Labute approximate surface area is 325 Å². The van der Waals surface area contributed by atoms with E-state index in [0.29, 0.717) is 31.4 Å². The Hall–Kier alpha value is -2.30. The molecule has 0 aliphatic rings. The van der Waals surface area contributed by atoms with E-state index in [1.807, 2.05) is 26.0 Å². The van der Waals surface area contributed by atoms with Gasteiger partial charge in [0.1, 0.15) is 20.0 Å². The minimum absolute atomic E-state index is 0. The maximum Gasteiger partial charge on any atom is 2.00 e. The van der Waals surface area contributed by atoms with Crippen LogP contribution in [0.2, 0.25) is 0 Å². The largest absolute Gasteiger partial charge is 2.00 e. The summed E-state index contributed by atoms with van der Waals surface area (Å²) in [4.78, 5) is 8.86. The first kappa shape index (κ1) is 40.1. The summed E-state index contributed by atoms with van der Waals surface area (Å²) < 4.78 is 61.0. The molecule has 16 heteroatoms. The number of benzene rings is 4. The van der Waals surface area contributed by atoms with Crippen LogP contribution in [0.1, 0.15) is 11.1 Å². The minimum Gasteiger partial charge on any atom is -0.570 e. The number of sulfonamides is 2. The first-order valence-corrected chi connectivity index (χ1v) is 19.4. The second-order valence-corrected chi connectivity index (χ2v) is 16.6. The molecule has 0 bridgehead atoms. The second kappa shape index (κ2) is 16.6. The predicted molar refractivity (Wildman–Crippen MR) is 202 cm³/mol. The Morgan fingerprint density at radius 3 is 1.21 bits per heavy atom. The van der Waals surface area contributed by atoms with Crippen molar-refractivity contribution in [2.24, 2.45) is 0 Å². The van der Waals surface area contributed by atoms with Crippen LogP contribution < -0.4 is 0 Å². The fraction of sp³-hybridized carbons (Fsp3) is 0.0625. The van der Waals surface area contributed by atoms with Gasteiger partial charge in [-0.1, -0.05) is 123 Å². The molecule has 0 atom stereocenters. The Bertz CT molecular complexity index is 2150. The van der Waals surface area contributed by atoms with Gasteiger partial charge in [-0.05, 0) is 62.4 Å². The molecule has 3 N–H and O–H groups in total. The summed E-state index contributed by atoms with van der Waals surface area (Å²) in [5.41, 5.74) is 3.60. The summed E-state index contributed by atoms with van der Waals surface area (Å²) in [5.74, 6) is 0. The van der Waals surface area contributed by atoms with Gasteiger partial charge in [0.15, 0.2) is 0 Å². The van der Waals surface area contributed by atoms with E-state index in [1.54, 1.807) is 85.2 Å². The average molecular weight is 995 g/mol. The van der Waals surface area contributed by atoms with Crippen molar-refractivity contribution in [3.05, 3.63) is 136 Å². The molecule has 0 saturated heterocycles. The van der Waals surface area contributed by atoms with Crippen molar-refractivity contribution in [2.45, 2.75) is 23.6 Å². The van der Waals surface area contributed by atoms with Crippen molar-refractivity contribution in [3.8, 4) is 0 Å². The zero-order valence-corrected chi connectivity index (χ0v) is 36.2. The maximum absolute atomic E-state index is 12.6. The van der Waals surface area contributed by atoms with Crippen LogP contribution >= 0.6 is 63.7 Å². The Morgan fingerprint density at radius 2 is 0.875 bits per heavy atom. The maximum atomic E-state index is 12.6. The molecule has 4 aromatic carbocycles. The van der Waals surface area contributed by atoms with Gasteiger partial charge in [-0.15, -0.1) is 0 Å². The van der Waals surface area contributed by atoms with Crippen LogP contribution in [0.3, 0.4) is 0 Å². The van der Waals surface area contributed by atoms with Gasteiger partial charge < -0.3 is 14.9 Å². The molecule has 0 aliphatic heterocycles. The summed E-state index contributed by atoms with van der Waals surface area (Å²) in [5, 5.41) is 1.60. The van der Waals surface area contributed by atoms with E-state index >= 15 is 0 Å². The Balaban J connectivity index is 0.000000250. The summed E-state index contributed by atoms with van der Waals surface area (Å²) in [6, 6.07) is 24.0. The van der Waals surface area contributed by atoms with Gasteiger partial charge in [-0.2, -0.15) is 0 Å². The minimum atomic E-state index is -3.82. The van der Waals surface area contributed by atoms with E-state index in [-0.39, 0.29) is 34.7 Å². The molecule has 0 spiro atoms. The molecule has 2 heterocycles. The van der Waals surface area contributed by atoms with Crippen LogP contribution in [-0.2, 0) is 45.0 Å². The van der Waals surface area contributed by atoms with Crippen LogP contribution in [0, 0.1) is 13.8 Å². The van der Waals surface area contributed by atoms with Crippen molar-refractivity contribution < 1.29 is 41.8 Å². The summed E-state index contributed by atoms with van der Waals surface area (Å²) in [6.07, 6.45) is 3.22. The molecule has 0 fully saturated rings. The van der Waals surface area contributed by atoms with Crippen molar-refractivity contribution >= 4 is 117 Å². The normalized spacial score (nSPS) is 11.1. The number of pyridine rings is 2. The van der Waals surface area contributed by atoms with E-state index in [4.69, 9.17) is 0 Å². The SMILES string of the molecule is Cc1ccc(S(=O)(=O)[N-]c2c(Br)cc(Br)c3cccnc23)cc1.Cc1ccc(S(=O)(=O)[N-]c2c(Br)cc(Br)c3cccnc23)cc1.[OH3+].[Zn+2]. The van der Waals surface area contributed by atoms with E-state index < -0.39 is 20.0 Å². The third kappa shape index (κ3) is 9.08. The van der Waals surface area contributed by atoms with Crippen LogP contribution in [0.15, 0.2) is 125 Å². The van der Waals surface area contributed by atoms with Crippen molar-refractivity contribution in [2.75, 3.05) is 0 Å². The van der Waals surface area contributed by atoms with Gasteiger partial charge in [0, 0.05) is 41.1 Å². The molecule has 0 aliphatic carbocycles. The fourth-order valence-corrected chi connectivity index (χ4v) is 9.23. The molecule has 0 amide bonds. The van der Waals surface area contributed by atoms with Gasteiger partial charge in [-0.3, -0.25) is 9.97 Å². The number of halogens is 4. The molecular formula is C32H25Br4N4O5S2Zn+. The first-order chi connectivity index (χ1) is 21.8. The predicted octanol–water partition coefficient (Wildman–Crippen LogP) is 10.0. The number of aryl methyl sites for hydroxylation is 2. The first-order valence-electron chi connectivity index (χ1n) is 13.3. The molecule has 2 aromatic heterocycles. The number of hydrogen-bond donors (Lipinski definition) is 0. The molecule has 6 rings (SSSR count). The molecule has 9 nitrogen and oxygen atoms in total. The number of fused-ring (bicyclic) bond motifs is 2. The standard InChI is InChI=1S/2C16H11Br2N2O2S.H2O.Zn/c2*1-10-4-6-11(7-5-10)23(21,22)20-16-14(18)9-13(17)12-3-2-8-19-15(12)16;;/h2*2-9H,1H3;1H2;/q2*-1;;+2/p+1. The van der Waals surface area contributed by atoms with Crippen molar-refractivity contribution in [1.29, 1.82) is 0 Å². The number of rotatable bonds is 6. The van der Waals surface area contributed by atoms with E-state index in [9.17, 15) is 16.8 Å². The molecule has 6 aromatic rings. The summed E-state index contributed by atoms with van der Waals surface area (Å²) in [7, 11) is -7.63. The van der Waals surface area contributed by atoms with Crippen LogP contribution in [0.5, 0.6) is 0 Å². The Morgan fingerprint density at radius 1 is 0.542 bits per heavy atom. The molecule has 48 heavy (non-hydrogen) atoms. The summed E-state index contributed by atoms with van der Waals surface area (Å²) in [6.45, 7) is 3.80. The number of nitrogens with zero attached hydrogens (tertiary/aromatic N) is 4. The summed E-state index contributed by atoms with van der Waals surface area (Å²) >= 11 is 13.7. The van der Waals surface area contributed by atoms with Crippen LogP contribution in [0.4, 0.5) is 11.4 Å². The van der Waals surface area contributed by atoms with Gasteiger partial charge in [0.2, 0.25) is 0 Å². The molecule has 0 radical (unpaired) electrons. The Kier molecular flexibility index (Phi) is 13.9. The van der Waals surface area contributed by atoms with Gasteiger partial charge in [0.25, 0.3) is 0 Å². The van der Waals surface area contributed by atoms with E-state index in [2.05, 4.69) is 83.1 Å². The molecule has 0 saturated carbocycles. The van der Waals surface area contributed by atoms with E-state index in [1.165, 1.54) is 0 Å². The molecule has 244 valence electrons. The molecule has 0 unspecified atom stereocenters. The third-order valence-corrected chi connectivity index (χ3v) is 11.7. The smallest absolute Gasteiger partial charge is 0.570 e. The topological polar surface area (TPSA) is 155 Å². The van der Waals surface area contributed by atoms with Gasteiger partial charge in [0.05, 0.1) is 20.8 Å². The zero-order chi connectivity index (χ0) is 33.2. The quantitative estimate of drug-likeness (QED) is 0.120. The molecular weight excluding hydrogens is 970 g/mol. The van der Waals surface area contributed by atoms with E-state index in [0.717, 1.165) is 30.8 Å². The zero-order valence-electron chi connectivity index (χ0n) is 25.3. The number of aromatic nitrogens is 2.